The van der Waals surface area contributed by atoms with Gasteiger partial charge in [-0.1, -0.05) is 19.1 Å². The lowest BCUT2D eigenvalue weighted by Crippen LogP contribution is -2.16. The van der Waals surface area contributed by atoms with Gasteiger partial charge in [0.15, 0.2) is 5.82 Å². The summed E-state index contributed by atoms with van der Waals surface area (Å²) in [7, 11) is 0. The Hall–Kier alpha value is -2.17. The first-order valence-corrected chi connectivity index (χ1v) is 6.89. The van der Waals surface area contributed by atoms with Gasteiger partial charge < -0.3 is 10.6 Å². The summed E-state index contributed by atoms with van der Waals surface area (Å²) in [6.07, 6.45) is 2.64. The van der Waals surface area contributed by atoms with Crippen molar-refractivity contribution >= 4 is 17.5 Å². The predicted molar refractivity (Wildman–Crippen MR) is 82.4 cm³/mol. The SMILES string of the molecule is CCC(C)Nc1nncc(Nc2cccc(C)c2C)n1. The van der Waals surface area contributed by atoms with Gasteiger partial charge in [0.05, 0.1) is 6.20 Å². The zero-order valence-corrected chi connectivity index (χ0v) is 12.4. The van der Waals surface area contributed by atoms with Crippen LogP contribution in [0, 0.1) is 13.8 Å². The highest BCUT2D eigenvalue weighted by atomic mass is 15.3. The molecule has 1 heterocycles. The number of nitrogens with zero attached hydrogens (tertiary/aromatic N) is 3. The monoisotopic (exact) mass is 271 g/mol. The molecule has 5 heteroatoms. The highest BCUT2D eigenvalue weighted by molar-refractivity contribution is 5.61. The van der Waals surface area contributed by atoms with Crippen LogP contribution in [0.3, 0.4) is 0 Å². The first kappa shape index (κ1) is 14.2. The van der Waals surface area contributed by atoms with Crippen molar-refractivity contribution in [3.05, 3.63) is 35.5 Å². The van der Waals surface area contributed by atoms with Gasteiger partial charge in [-0.25, -0.2) is 0 Å². The smallest absolute Gasteiger partial charge is 0.244 e. The quantitative estimate of drug-likeness (QED) is 0.872. The maximum atomic E-state index is 4.43. The highest BCUT2D eigenvalue weighted by Gasteiger charge is 2.06. The molecule has 0 aliphatic rings. The minimum atomic E-state index is 0.327. The van der Waals surface area contributed by atoms with Crippen molar-refractivity contribution < 1.29 is 0 Å². The largest absolute Gasteiger partial charge is 0.350 e. The summed E-state index contributed by atoms with van der Waals surface area (Å²) in [5.74, 6) is 1.24. The highest BCUT2D eigenvalue weighted by Crippen LogP contribution is 2.21. The Morgan fingerprint density at radius 2 is 2.05 bits per heavy atom. The van der Waals surface area contributed by atoms with E-state index in [-0.39, 0.29) is 0 Å². The number of aromatic nitrogens is 3. The van der Waals surface area contributed by atoms with Gasteiger partial charge in [-0.2, -0.15) is 10.1 Å². The lowest BCUT2D eigenvalue weighted by Gasteiger charge is -2.13. The topological polar surface area (TPSA) is 62.7 Å². The molecule has 1 atom stereocenters. The molecule has 0 aliphatic carbocycles. The van der Waals surface area contributed by atoms with Crippen molar-refractivity contribution in [1.29, 1.82) is 0 Å². The second kappa shape index (κ2) is 6.32. The third kappa shape index (κ3) is 3.44. The molecule has 0 fully saturated rings. The van der Waals surface area contributed by atoms with E-state index < -0.39 is 0 Å². The average Bonchev–Trinajstić information content (AvgIpc) is 2.44. The molecule has 1 aromatic carbocycles. The van der Waals surface area contributed by atoms with Gasteiger partial charge in [-0.05, 0) is 44.4 Å². The minimum absolute atomic E-state index is 0.327. The van der Waals surface area contributed by atoms with Crippen molar-refractivity contribution in [1.82, 2.24) is 15.2 Å². The minimum Gasteiger partial charge on any atom is -0.350 e. The van der Waals surface area contributed by atoms with Crippen LogP contribution in [0.4, 0.5) is 17.5 Å². The molecule has 2 N–H and O–H groups in total. The molecule has 5 nitrogen and oxygen atoms in total. The fraction of sp³-hybridized carbons (Fsp3) is 0.400. The van der Waals surface area contributed by atoms with Gasteiger partial charge in [0, 0.05) is 11.7 Å². The molecule has 20 heavy (non-hydrogen) atoms. The normalized spacial score (nSPS) is 12.0. The van der Waals surface area contributed by atoms with E-state index in [1.54, 1.807) is 6.20 Å². The standard InChI is InChI=1S/C15H21N5/c1-5-11(3)17-15-19-14(9-16-20-15)18-13-8-6-7-10(2)12(13)4/h6-9,11H,5H2,1-4H3,(H2,17,18,19,20). The number of aryl methyl sites for hydroxylation is 1. The zero-order chi connectivity index (χ0) is 14.5. The fourth-order valence-electron chi connectivity index (χ4n) is 1.77. The van der Waals surface area contributed by atoms with E-state index in [9.17, 15) is 0 Å². The van der Waals surface area contributed by atoms with Crippen LogP contribution in [0.2, 0.25) is 0 Å². The van der Waals surface area contributed by atoms with Gasteiger partial charge in [-0.15, -0.1) is 5.10 Å². The fourth-order valence-corrected chi connectivity index (χ4v) is 1.77. The van der Waals surface area contributed by atoms with Crippen molar-refractivity contribution in [2.75, 3.05) is 10.6 Å². The molecule has 0 bridgehead atoms. The molecule has 0 radical (unpaired) electrons. The Morgan fingerprint density at radius 3 is 2.80 bits per heavy atom. The van der Waals surface area contributed by atoms with Crippen LogP contribution in [0.25, 0.3) is 0 Å². The van der Waals surface area contributed by atoms with Gasteiger partial charge >= 0.3 is 0 Å². The van der Waals surface area contributed by atoms with Crippen LogP contribution in [-0.2, 0) is 0 Å². The molecule has 2 rings (SSSR count). The number of anilines is 3. The molecule has 0 spiro atoms. The van der Waals surface area contributed by atoms with Gasteiger partial charge in [0.1, 0.15) is 0 Å². The van der Waals surface area contributed by atoms with Crippen molar-refractivity contribution in [2.45, 2.75) is 40.2 Å². The molecule has 106 valence electrons. The van der Waals surface area contributed by atoms with Crippen LogP contribution in [0.15, 0.2) is 24.4 Å². The van der Waals surface area contributed by atoms with E-state index in [0.717, 1.165) is 12.1 Å². The summed E-state index contributed by atoms with van der Waals surface area (Å²) in [6, 6.07) is 6.48. The van der Waals surface area contributed by atoms with E-state index in [2.05, 4.69) is 59.6 Å². The molecule has 1 aromatic heterocycles. The maximum absolute atomic E-state index is 4.43. The Morgan fingerprint density at radius 1 is 1.25 bits per heavy atom. The molecule has 0 aliphatic heterocycles. The molecule has 0 amide bonds. The zero-order valence-electron chi connectivity index (χ0n) is 12.4. The van der Waals surface area contributed by atoms with Crippen LogP contribution in [-0.4, -0.2) is 21.2 Å². The lowest BCUT2D eigenvalue weighted by molar-refractivity contribution is 0.746. The van der Waals surface area contributed by atoms with Gasteiger partial charge in [0.25, 0.3) is 0 Å². The Balaban J connectivity index is 2.17. The summed E-state index contributed by atoms with van der Waals surface area (Å²) >= 11 is 0. The molecule has 1 unspecified atom stereocenters. The first-order chi connectivity index (χ1) is 9.60. The van der Waals surface area contributed by atoms with E-state index in [4.69, 9.17) is 0 Å². The summed E-state index contributed by atoms with van der Waals surface area (Å²) in [5, 5.41) is 14.5. The summed E-state index contributed by atoms with van der Waals surface area (Å²) < 4.78 is 0. The Kier molecular flexibility index (Phi) is 4.50. The van der Waals surface area contributed by atoms with E-state index in [1.165, 1.54) is 11.1 Å². The Labute approximate surface area is 119 Å². The molecule has 0 saturated carbocycles. The predicted octanol–water partition coefficient (Wildman–Crippen LogP) is 3.44. The van der Waals surface area contributed by atoms with Crippen molar-refractivity contribution in [2.24, 2.45) is 0 Å². The van der Waals surface area contributed by atoms with E-state index in [0.29, 0.717) is 17.8 Å². The van der Waals surface area contributed by atoms with Crippen molar-refractivity contribution in [3.63, 3.8) is 0 Å². The first-order valence-electron chi connectivity index (χ1n) is 6.89. The summed E-state index contributed by atoms with van der Waals surface area (Å²) in [4.78, 5) is 4.43. The van der Waals surface area contributed by atoms with Gasteiger partial charge in [0.2, 0.25) is 5.95 Å². The second-order valence-electron chi connectivity index (χ2n) is 4.99. The summed E-state index contributed by atoms with van der Waals surface area (Å²) in [6.45, 7) is 8.39. The van der Waals surface area contributed by atoms with E-state index >= 15 is 0 Å². The average molecular weight is 271 g/mol. The third-order valence-electron chi connectivity index (χ3n) is 3.41. The van der Waals surface area contributed by atoms with Crippen LogP contribution >= 0.6 is 0 Å². The third-order valence-corrected chi connectivity index (χ3v) is 3.41. The second-order valence-corrected chi connectivity index (χ2v) is 4.99. The number of benzene rings is 1. The maximum Gasteiger partial charge on any atom is 0.244 e. The van der Waals surface area contributed by atoms with Crippen LogP contribution < -0.4 is 10.6 Å². The van der Waals surface area contributed by atoms with Gasteiger partial charge in [-0.3, -0.25) is 0 Å². The van der Waals surface area contributed by atoms with E-state index in [1.807, 2.05) is 12.1 Å². The van der Waals surface area contributed by atoms with Crippen molar-refractivity contribution in [3.8, 4) is 0 Å². The molecular formula is C15H21N5. The molecule has 2 aromatic rings. The van der Waals surface area contributed by atoms with Crippen LogP contribution in [0.1, 0.15) is 31.4 Å². The lowest BCUT2D eigenvalue weighted by atomic mass is 10.1. The molecule has 0 saturated heterocycles. The van der Waals surface area contributed by atoms with Crippen LogP contribution in [0.5, 0.6) is 0 Å². The number of nitrogens with one attached hydrogen (secondary N) is 2. The number of hydrogen-bond donors (Lipinski definition) is 2. The number of rotatable bonds is 5. The number of hydrogen-bond acceptors (Lipinski definition) is 5. The molecular weight excluding hydrogens is 250 g/mol. The summed E-state index contributed by atoms with van der Waals surface area (Å²) in [5.41, 5.74) is 3.50. The Bertz CT molecular complexity index is 582.